The summed E-state index contributed by atoms with van der Waals surface area (Å²) >= 11 is 0. The number of hydroxylamine groups is 2. The third-order valence-corrected chi connectivity index (χ3v) is 1.69. The Kier molecular flexibility index (Phi) is 5.23. The fraction of sp³-hybridized carbons (Fsp3) is 0.600. The predicted octanol–water partition coefficient (Wildman–Crippen LogP) is 2.64. The van der Waals surface area contributed by atoms with E-state index in [9.17, 15) is 0 Å². The molecule has 1 radical (unpaired) electrons. The van der Waals surface area contributed by atoms with Crippen LogP contribution in [0.2, 0.25) is 0 Å². The van der Waals surface area contributed by atoms with Crippen LogP contribution in [-0.4, -0.2) is 11.1 Å². The molecule has 71 valence electrons. The first kappa shape index (κ1) is 13.2. The van der Waals surface area contributed by atoms with Crippen molar-refractivity contribution in [2.45, 2.75) is 40.7 Å². The van der Waals surface area contributed by atoms with E-state index in [2.05, 4.69) is 33.8 Å². The van der Waals surface area contributed by atoms with Crippen LogP contribution in [0.3, 0.4) is 0 Å². The van der Waals surface area contributed by atoms with Gasteiger partial charge in [-0.2, -0.15) is 11.6 Å². The Labute approximate surface area is 106 Å². The van der Waals surface area contributed by atoms with Crippen LogP contribution in [0.15, 0.2) is 17.0 Å². The minimum absolute atomic E-state index is 0. The monoisotopic (exact) mass is 255 g/mol. The molecule has 0 unspecified atom stereocenters. The molecule has 13 heavy (non-hydrogen) atoms. The van der Waals surface area contributed by atoms with Gasteiger partial charge >= 0.3 is 0 Å². The van der Waals surface area contributed by atoms with Crippen LogP contribution in [0, 0.1) is 6.08 Å². The number of hydrogen-bond acceptors (Lipinski definition) is 2. The van der Waals surface area contributed by atoms with Crippen molar-refractivity contribution < 1.29 is 37.5 Å². The maximum absolute atomic E-state index is 5.48. The van der Waals surface area contributed by atoms with Gasteiger partial charge in [-0.25, -0.2) is 5.06 Å². The molecule has 1 rings (SSSR count). The Morgan fingerprint density at radius 1 is 1.38 bits per heavy atom. The predicted molar refractivity (Wildman–Crippen MR) is 48.9 cm³/mol. The van der Waals surface area contributed by atoms with Gasteiger partial charge in [0.15, 0.2) is 0 Å². The Hall–Kier alpha value is 0.184. The molecule has 0 aromatic heterocycles. The van der Waals surface area contributed by atoms with Crippen LogP contribution in [-0.2, 0) is 37.5 Å². The summed E-state index contributed by atoms with van der Waals surface area (Å²) in [7, 11) is 0. The smallest absolute Gasteiger partial charge is 0.0577 e. The van der Waals surface area contributed by atoms with Gasteiger partial charge in [0.05, 0.1) is 6.04 Å². The average Bonchev–Trinajstić information content (AvgIpc) is 2.31. The normalized spacial score (nSPS) is 15.4. The summed E-state index contributed by atoms with van der Waals surface area (Å²) in [6.45, 7) is 10.3. The van der Waals surface area contributed by atoms with E-state index in [1.165, 1.54) is 5.57 Å². The molecule has 1 heterocycles. The maximum atomic E-state index is 5.48. The van der Waals surface area contributed by atoms with Gasteiger partial charge in [0.25, 0.3) is 0 Å². The number of nitrogens with zero attached hydrogens (tertiary/aromatic N) is 1. The molecule has 1 aliphatic rings. The average molecular weight is 255 g/mol. The Balaban J connectivity index is 0.00000144. The molecule has 0 fully saturated rings. The minimum atomic E-state index is 0. The van der Waals surface area contributed by atoms with Gasteiger partial charge in [0, 0.05) is 38.5 Å². The summed E-state index contributed by atoms with van der Waals surface area (Å²) in [6.07, 6.45) is 3.18. The number of allylic oxidation sites excluding steroid dienone is 3. The van der Waals surface area contributed by atoms with Crippen molar-refractivity contribution in [1.82, 2.24) is 5.06 Å². The molecule has 0 saturated carbocycles. The molecule has 0 amide bonds. The molecule has 2 nitrogen and oxygen atoms in total. The zero-order valence-corrected chi connectivity index (χ0v) is 11.8. The van der Waals surface area contributed by atoms with Crippen molar-refractivity contribution in [1.29, 1.82) is 0 Å². The first-order valence-electron chi connectivity index (χ1n) is 4.27. The summed E-state index contributed by atoms with van der Waals surface area (Å²) in [5.41, 5.74) is 2.31. The zero-order chi connectivity index (χ0) is 9.30. The summed E-state index contributed by atoms with van der Waals surface area (Å²) in [6, 6.07) is 0.361. The summed E-state index contributed by atoms with van der Waals surface area (Å²) in [5.74, 6) is 0.847. The van der Waals surface area contributed by atoms with Gasteiger partial charge in [0.2, 0.25) is 0 Å². The van der Waals surface area contributed by atoms with Crippen LogP contribution in [0.5, 0.6) is 0 Å². The van der Waals surface area contributed by atoms with Crippen molar-refractivity contribution in [3.05, 3.63) is 23.1 Å². The molecule has 3 heteroatoms. The van der Waals surface area contributed by atoms with Crippen LogP contribution in [0.4, 0.5) is 0 Å². The molecule has 0 aromatic rings. The third kappa shape index (κ3) is 3.10. The summed E-state index contributed by atoms with van der Waals surface area (Å²) < 4.78 is 0. The van der Waals surface area contributed by atoms with Crippen molar-refractivity contribution in [2.24, 2.45) is 0 Å². The van der Waals surface area contributed by atoms with E-state index in [-0.39, 0.29) is 32.7 Å². The van der Waals surface area contributed by atoms with Gasteiger partial charge in [-0.15, -0.1) is 13.8 Å². The zero-order valence-electron chi connectivity index (χ0n) is 9.01. The molecule has 1 aliphatic heterocycles. The van der Waals surface area contributed by atoms with E-state index in [4.69, 9.17) is 4.84 Å². The van der Waals surface area contributed by atoms with E-state index < -0.39 is 0 Å². The largest absolute Gasteiger partial charge is 0.407 e. The molecule has 0 bridgehead atoms. The SMILES string of the molecule is CC1=[C-]C(=C(C)C)N(C(C)C)O1.[Y]. The maximum Gasteiger partial charge on any atom is 0.0577 e. The Morgan fingerprint density at radius 3 is 2.23 bits per heavy atom. The molecule has 0 aromatic carbocycles. The number of hydrogen-bond donors (Lipinski definition) is 0. The molecular weight excluding hydrogens is 239 g/mol. The first-order chi connectivity index (χ1) is 5.52. The van der Waals surface area contributed by atoms with Crippen molar-refractivity contribution in [3.63, 3.8) is 0 Å². The van der Waals surface area contributed by atoms with E-state index in [0.717, 1.165) is 11.5 Å². The fourth-order valence-corrected chi connectivity index (χ4v) is 1.15. The number of rotatable bonds is 1. The molecule has 0 spiro atoms. The Bertz CT molecular complexity index is 239. The van der Waals surface area contributed by atoms with E-state index in [1.807, 2.05) is 12.0 Å². The van der Waals surface area contributed by atoms with Crippen LogP contribution < -0.4 is 0 Å². The second-order valence-corrected chi connectivity index (χ2v) is 3.54. The van der Waals surface area contributed by atoms with Crippen molar-refractivity contribution in [2.75, 3.05) is 0 Å². The van der Waals surface area contributed by atoms with E-state index >= 15 is 0 Å². The quantitative estimate of drug-likeness (QED) is 0.668. The van der Waals surface area contributed by atoms with Crippen molar-refractivity contribution >= 4 is 0 Å². The fourth-order valence-electron chi connectivity index (χ4n) is 1.15. The van der Waals surface area contributed by atoms with E-state index in [1.54, 1.807) is 0 Å². The third-order valence-electron chi connectivity index (χ3n) is 1.69. The topological polar surface area (TPSA) is 12.5 Å². The second kappa shape index (κ2) is 5.16. The van der Waals surface area contributed by atoms with Gasteiger partial charge in [0.1, 0.15) is 0 Å². The van der Waals surface area contributed by atoms with Gasteiger partial charge in [-0.05, 0) is 20.8 Å². The van der Waals surface area contributed by atoms with Gasteiger partial charge in [-0.1, -0.05) is 5.70 Å². The minimum Gasteiger partial charge on any atom is -0.407 e. The molecule has 0 atom stereocenters. The molecular formula is C10H16NOY-. The van der Waals surface area contributed by atoms with Crippen molar-refractivity contribution in [3.8, 4) is 0 Å². The first-order valence-corrected chi connectivity index (χ1v) is 4.27. The van der Waals surface area contributed by atoms with Crippen LogP contribution in [0.1, 0.15) is 34.6 Å². The summed E-state index contributed by atoms with van der Waals surface area (Å²) in [5, 5.41) is 1.89. The van der Waals surface area contributed by atoms with Gasteiger partial charge in [-0.3, -0.25) is 0 Å². The standard InChI is InChI=1S/C10H16NO.Y/c1-7(2)10-6-9(5)12-11(10)8(3)4;/h8H,1-5H3;/q-1;. The van der Waals surface area contributed by atoms with Gasteiger partial charge < -0.3 is 4.84 Å². The molecule has 0 aliphatic carbocycles. The molecule has 0 saturated heterocycles. The Morgan fingerprint density at radius 2 is 1.92 bits per heavy atom. The van der Waals surface area contributed by atoms with Crippen LogP contribution in [0.25, 0.3) is 0 Å². The second-order valence-electron chi connectivity index (χ2n) is 3.54. The summed E-state index contributed by atoms with van der Waals surface area (Å²) in [4.78, 5) is 5.48. The van der Waals surface area contributed by atoms with E-state index in [0.29, 0.717) is 6.04 Å². The van der Waals surface area contributed by atoms with Crippen LogP contribution >= 0.6 is 0 Å². The molecule has 0 N–H and O–H groups in total.